The number of allylic oxidation sites excluding steroid dienone is 8. The van der Waals surface area contributed by atoms with Crippen LogP contribution < -0.4 is 31.9 Å². The first-order valence-corrected chi connectivity index (χ1v) is 38.4. The minimum absolute atomic E-state index is 0.0344. The van der Waals surface area contributed by atoms with E-state index < -0.39 is 17.9 Å². The largest absolute Gasteiger partial charge is 0.472 e. The van der Waals surface area contributed by atoms with Gasteiger partial charge in [-0.15, -0.1) is 22.0 Å². The molecule has 3 aromatic heterocycles. The second kappa shape index (κ2) is 49.1. The monoisotopic (exact) mass is 1460 g/mol. The number of hydrogen-bond donors (Lipinski definition) is 6. The lowest BCUT2D eigenvalue weighted by molar-refractivity contribution is -0.123. The molecule has 5 aromatic rings. The Kier molecular flexibility index (Phi) is 39.3. The molecule has 2 saturated heterocycles. The van der Waals surface area contributed by atoms with Crippen LogP contribution in [-0.4, -0.2) is 198 Å². The number of nitrogens with zero attached hydrogens (tertiary/aromatic N) is 6. The van der Waals surface area contributed by atoms with Crippen molar-refractivity contribution in [2.75, 3.05) is 110 Å². The number of nitrogens with one attached hydrogen (secondary N) is 6. The molecule has 103 heavy (non-hydrogen) atoms. The van der Waals surface area contributed by atoms with Crippen LogP contribution in [0.15, 0.2) is 137 Å². The average Bonchev–Trinajstić information content (AvgIpc) is 1.70. The van der Waals surface area contributed by atoms with Crippen molar-refractivity contribution in [3.8, 4) is 0 Å². The van der Waals surface area contributed by atoms with Gasteiger partial charge in [-0.2, -0.15) is 11.8 Å². The molecule has 0 bridgehead atoms. The number of carbonyl (C=O) groups is 6. The highest BCUT2D eigenvalue weighted by atomic mass is 32.2. The summed E-state index contributed by atoms with van der Waals surface area (Å²) in [6.07, 6.45) is 30.3. The molecule has 0 unspecified atom stereocenters. The van der Waals surface area contributed by atoms with Crippen LogP contribution in [0.4, 0.5) is 4.79 Å². The number of rotatable bonds is 55. The number of aryl methyl sites for hydroxylation is 2. The second-order valence-corrected chi connectivity index (χ2v) is 28.0. The van der Waals surface area contributed by atoms with Crippen LogP contribution in [-0.2, 0) is 75.3 Å². The van der Waals surface area contributed by atoms with Crippen molar-refractivity contribution in [2.24, 2.45) is 0 Å². The molecule has 2 aliphatic heterocycles. The number of carbonyl (C=O) groups excluding carboxylic acids is 6. The van der Waals surface area contributed by atoms with Crippen molar-refractivity contribution in [1.82, 2.24) is 61.9 Å². The SMILES string of the molecule is C/C(=C\CC/C(C)=C/CCc1ccoc1)CC/C=C(\C)CC/C=C(\C)CCc1cn(CCOCCOCCOCCNC(=O)CSC[C@H](NC(=O)c2ccc(C(=O)c3ccccc3)cc2)C(=O)NCCOCCOCCOCCn2cc(CNC(=O)CCCC[C@@H]3SC[C@@H]4NC(=O)N[C@@H]43)nn2)nn1. The van der Waals surface area contributed by atoms with E-state index in [2.05, 4.69) is 105 Å². The van der Waals surface area contributed by atoms with Crippen molar-refractivity contribution < 1.29 is 61.6 Å². The Morgan fingerprint density at radius 1 is 0.602 bits per heavy atom. The minimum Gasteiger partial charge on any atom is -0.472 e. The maximum absolute atomic E-state index is 13.5. The van der Waals surface area contributed by atoms with Crippen LogP contribution in [0, 0.1) is 0 Å². The van der Waals surface area contributed by atoms with Crippen LogP contribution in [0.25, 0.3) is 0 Å². The molecule has 6 N–H and O–H groups in total. The molecule has 0 radical (unpaired) electrons. The highest BCUT2D eigenvalue weighted by molar-refractivity contribution is 8.00. The number of urea groups is 1. The smallest absolute Gasteiger partial charge is 0.315 e. The summed E-state index contributed by atoms with van der Waals surface area (Å²) in [5, 5.41) is 34.6. The van der Waals surface area contributed by atoms with E-state index in [0.29, 0.717) is 108 Å². The number of fused-ring (bicyclic) bond motifs is 1. The Labute approximate surface area is 615 Å². The van der Waals surface area contributed by atoms with E-state index in [1.807, 2.05) is 41.0 Å². The molecule has 27 heteroatoms. The zero-order valence-electron chi connectivity index (χ0n) is 60.6. The third-order valence-electron chi connectivity index (χ3n) is 17.2. The van der Waals surface area contributed by atoms with Crippen LogP contribution in [0.5, 0.6) is 0 Å². The van der Waals surface area contributed by atoms with Gasteiger partial charge < -0.3 is 64.7 Å². The van der Waals surface area contributed by atoms with Gasteiger partial charge >= 0.3 is 6.03 Å². The summed E-state index contributed by atoms with van der Waals surface area (Å²) >= 11 is 3.07. The lowest BCUT2D eigenvalue weighted by atomic mass is 10.0. The zero-order valence-corrected chi connectivity index (χ0v) is 62.2. The number of hydrogen-bond acceptors (Lipinski definition) is 19. The van der Waals surface area contributed by atoms with E-state index in [1.54, 1.807) is 53.5 Å². The first kappa shape index (κ1) is 82.5. The van der Waals surface area contributed by atoms with Gasteiger partial charge in [-0.05, 0) is 129 Å². The molecule has 5 heterocycles. The van der Waals surface area contributed by atoms with Gasteiger partial charge in [0.2, 0.25) is 17.7 Å². The standard InChI is InChI=1S/C76H108N12O13S2/c1-57(16-11-17-59(3)20-13-21-61-32-37-101-53-61)14-10-15-58(2)18-12-19-60(4)26-31-65-51-87(85-83-65)35-40-97-44-48-99-46-42-95-38-33-77-71(90)56-102-54-68(80-74(92)64-29-27-63(28-30-64)73(91)62-22-6-5-7-23-62)75(93)78-34-39-96-43-47-100-49-45-98-41-36-88-52-66(84-86-88)50-79-70(89)25-9-8-24-69-72-67(55-103-69)81-76(94)82-72/h5-7,15-16,19-20,22-23,27-30,32,37,51-53,67-69,72H,8-14,17-18,21,24-26,31,33-36,38-50,54-56H2,1-4H3,(H,77,90)(H,78,93)(H,79,89)(H,80,92)(H2,81,82,94)/b57-16+,58-15+,59-20+,60-19+/t67-,68-,69-,72-/m0/s1. The summed E-state index contributed by atoms with van der Waals surface area (Å²) in [6, 6.07) is 16.4. The normalized spacial score (nSPS) is 15.8. The number of ketones is 1. The summed E-state index contributed by atoms with van der Waals surface area (Å²) in [6.45, 7) is 14.9. The Morgan fingerprint density at radius 3 is 1.78 bits per heavy atom. The highest BCUT2D eigenvalue weighted by Crippen LogP contribution is 2.33. The number of thioether (sulfide) groups is 2. The number of ether oxygens (including phenoxy) is 6. The Hall–Kier alpha value is -7.76. The summed E-state index contributed by atoms with van der Waals surface area (Å²) < 4.78 is 42.7. The van der Waals surface area contributed by atoms with Crippen LogP contribution in [0.1, 0.15) is 148 Å². The highest BCUT2D eigenvalue weighted by Gasteiger charge is 2.42. The Balaban J connectivity index is 0.668. The van der Waals surface area contributed by atoms with E-state index in [9.17, 15) is 28.8 Å². The van der Waals surface area contributed by atoms with Gasteiger partial charge in [-0.3, -0.25) is 24.0 Å². The fourth-order valence-corrected chi connectivity index (χ4v) is 13.7. The van der Waals surface area contributed by atoms with Gasteiger partial charge in [0.05, 0.1) is 141 Å². The second-order valence-electron chi connectivity index (χ2n) is 25.7. The summed E-state index contributed by atoms with van der Waals surface area (Å²) in [7, 11) is 0. The molecule has 4 atom stereocenters. The van der Waals surface area contributed by atoms with Crippen LogP contribution >= 0.6 is 23.5 Å². The van der Waals surface area contributed by atoms with Crippen LogP contribution in [0.2, 0.25) is 0 Å². The molecule has 7 rings (SSSR count). The molecule has 6 amide bonds. The van der Waals surface area contributed by atoms with Gasteiger partial charge in [0, 0.05) is 59.2 Å². The molecule has 0 saturated carbocycles. The topological polar surface area (TPSA) is 305 Å². The summed E-state index contributed by atoms with van der Waals surface area (Å²) in [4.78, 5) is 76.9. The maximum atomic E-state index is 13.5. The molecular formula is C76H108N12O13S2. The molecular weight excluding hydrogens is 1350 g/mol. The van der Waals surface area contributed by atoms with Gasteiger partial charge in [0.25, 0.3) is 5.91 Å². The van der Waals surface area contributed by atoms with Crippen molar-refractivity contribution >= 4 is 59.0 Å². The summed E-state index contributed by atoms with van der Waals surface area (Å²) in [5.41, 5.74) is 9.79. The Bertz CT molecular complexity index is 3430. The molecule has 0 spiro atoms. The van der Waals surface area contributed by atoms with E-state index in [-0.39, 0.29) is 85.7 Å². The van der Waals surface area contributed by atoms with Crippen molar-refractivity contribution in [2.45, 2.75) is 161 Å². The number of aromatic nitrogens is 6. The molecule has 25 nitrogen and oxygen atoms in total. The zero-order chi connectivity index (χ0) is 72.9. The van der Waals surface area contributed by atoms with Crippen molar-refractivity contribution in [1.29, 1.82) is 0 Å². The Morgan fingerprint density at radius 2 is 1.16 bits per heavy atom. The number of amides is 6. The average molecular weight is 1460 g/mol. The molecule has 2 aromatic carbocycles. The molecule has 562 valence electrons. The molecule has 2 fully saturated rings. The van der Waals surface area contributed by atoms with E-state index >= 15 is 0 Å². The molecule has 2 aliphatic rings. The van der Waals surface area contributed by atoms with Gasteiger partial charge in [0.1, 0.15) is 11.7 Å². The predicted octanol–water partition coefficient (Wildman–Crippen LogP) is 9.29. The van der Waals surface area contributed by atoms with Crippen molar-refractivity contribution in [3.05, 3.63) is 166 Å². The maximum Gasteiger partial charge on any atom is 0.315 e. The first-order chi connectivity index (χ1) is 50.2. The van der Waals surface area contributed by atoms with Crippen LogP contribution in [0.3, 0.4) is 0 Å². The lowest BCUT2D eigenvalue weighted by Gasteiger charge is -2.18. The fraction of sp³-hybridized carbons (Fsp3) is 0.553. The van der Waals surface area contributed by atoms with E-state index in [1.165, 1.54) is 51.8 Å². The third-order valence-corrected chi connectivity index (χ3v) is 19.8. The molecule has 0 aliphatic carbocycles. The van der Waals surface area contributed by atoms with E-state index in [0.717, 1.165) is 94.9 Å². The van der Waals surface area contributed by atoms with Gasteiger partial charge in [-0.1, -0.05) is 106 Å². The fourth-order valence-electron chi connectivity index (χ4n) is 11.2. The first-order valence-electron chi connectivity index (χ1n) is 36.2. The number of furan rings is 1. The van der Waals surface area contributed by atoms with E-state index in [4.69, 9.17) is 32.8 Å². The predicted molar refractivity (Wildman–Crippen MR) is 400 cm³/mol. The number of benzene rings is 2. The minimum atomic E-state index is -0.998. The lowest BCUT2D eigenvalue weighted by Crippen LogP contribution is -2.49. The number of unbranched alkanes of at least 4 members (excludes halogenated alkanes) is 1. The van der Waals surface area contributed by atoms with Gasteiger partial charge in [-0.25, -0.2) is 14.2 Å². The third kappa shape index (κ3) is 34.1. The summed E-state index contributed by atoms with van der Waals surface area (Å²) in [5.74, 6) is -0.386. The quantitative estimate of drug-likeness (QED) is 0.00914. The van der Waals surface area contributed by atoms with Gasteiger partial charge in [0.15, 0.2) is 5.78 Å². The van der Waals surface area contributed by atoms with Crippen molar-refractivity contribution in [3.63, 3.8) is 0 Å².